The topological polar surface area (TPSA) is 78.3 Å². The number of carbonyl (C=O) groups is 1. The van der Waals surface area contributed by atoms with Crippen molar-refractivity contribution in [3.63, 3.8) is 0 Å². The summed E-state index contributed by atoms with van der Waals surface area (Å²) in [6.07, 6.45) is 1.45. The van der Waals surface area contributed by atoms with E-state index >= 15 is 0 Å². The normalized spacial score (nSPS) is 15.5. The van der Waals surface area contributed by atoms with E-state index < -0.39 is 12.0 Å². The lowest BCUT2D eigenvalue weighted by molar-refractivity contribution is -0.138. The Bertz CT molecular complexity index is 1080. The highest BCUT2D eigenvalue weighted by molar-refractivity contribution is 9.10. The zero-order chi connectivity index (χ0) is 20.4. The first-order chi connectivity index (χ1) is 14.1. The summed E-state index contributed by atoms with van der Waals surface area (Å²) in [4.78, 5) is 17.5. The number of esters is 1. The predicted octanol–water partition coefficient (Wildman–Crippen LogP) is 4.04. The van der Waals surface area contributed by atoms with Crippen molar-refractivity contribution >= 4 is 33.5 Å². The van der Waals surface area contributed by atoms with Gasteiger partial charge < -0.3 is 14.8 Å². The Morgan fingerprint density at radius 2 is 2.03 bits per heavy atom. The van der Waals surface area contributed by atoms with E-state index in [1.54, 1.807) is 18.7 Å². The van der Waals surface area contributed by atoms with Gasteiger partial charge in [-0.25, -0.2) is 9.48 Å². The van der Waals surface area contributed by atoms with Crippen LogP contribution in [-0.4, -0.2) is 34.5 Å². The van der Waals surface area contributed by atoms with Crippen LogP contribution in [0.2, 0.25) is 0 Å². The van der Waals surface area contributed by atoms with E-state index in [1.807, 2.05) is 48.5 Å². The van der Waals surface area contributed by atoms with Gasteiger partial charge in [-0.2, -0.15) is 10.1 Å². The zero-order valence-electron chi connectivity index (χ0n) is 15.9. The molecule has 1 atom stereocenters. The Morgan fingerprint density at radius 3 is 2.76 bits per heavy atom. The molecule has 0 saturated carbocycles. The minimum absolute atomic E-state index is 0.261. The molecule has 0 aliphatic carbocycles. The summed E-state index contributed by atoms with van der Waals surface area (Å²) < 4.78 is 13.6. The highest BCUT2D eigenvalue weighted by Gasteiger charge is 2.37. The number of benzene rings is 2. The van der Waals surface area contributed by atoms with Crippen LogP contribution in [-0.2, 0) is 9.53 Å². The van der Waals surface area contributed by atoms with Gasteiger partial charge in [0.2, 0.25) is 5.95 Å². The van der Waals surface area contributed by atoms with Gasteiger partial charge in [0.05, 0.1) is 25.0 Å². The van der Waals surface area contributed by atoms with Gasteiger partial charge in [-0.15, -0.1) is 0 Å². The third-order valence-corrected chi connectivity index (χ3v) is 5.13. The van der Waals surface area contributed by atoms with Gasteiger partial charge in [-0.3, -0.25) is 0 Å². The fourth-order valence-corrected chi connectivity index (χ4v) is 3.81. The van der Waals surface area contributed by atoms with Crippen molar-refractivity contribution in [3.8, 4) is 5.75 Å². The van der Waals surface area contributed by atoms with Crippen molar-refractivity contribution in [2.75, 3.05) is 19.0 Å². The number of ether oxygens (including phenoxy) is 2. The molecule has 0 saturated heterocycles. The van der Waals surface area contributed by atoms with Crippen molar-refractivity contribution in [1.82, 2.24) is 14.8 Å². The third-order valence-electron chi connectivity index (χ3n) is 4.64. The number of carbonyl (C=O) groups excluding carboxylic acids is 1. The van der Waals surface area contributed by atoms with Gasteiger partial charge in [-0.1, -0.05) is 46.3 Å². The Morgan fingerprint density at radius 1 is 1.24 bits per heavy atom. The van der Waals surface area contributed by atoms with Gasteiger partial charge >= 0.3 is 5.97 Å². The molecule has 0 radical (unpaired) electrons. The highest BCUT2D eigenvalue weighted by atomic mass is 79.9. The third kappa shape index (κ3) is 3.51. The Labute approximate surface area is 176 Å². The molecule has 1 aliphatic heterocycles. The molecular weight excluding hydrogens is 436 g/mol. The molecule has 0 unspecified atom stereocenters. The fourth-order valence-electron chi connectivity index (χ4n) is 3.43. The van der Waals surface area contributed by atoms with Crippen LogP contribution in [0.3, 0.4) is 0 Å². The second-order valence-corrected chi connectivity index (χ2v) is 7.23. The van der Waals surface area contributed by atoms with E-state index in [1.165, 1.54) is 6.33 Å². The van der Waals surface area contributed by atoms with Crippen molar-refractivity contribution < 1.29 is 14.3 Å². The number of aromatic nitrogens is 3. The summed E-state index contributed by atoms with van der Waals surface area (Å²) in [7, 11) is 1.60. The number of fused-ring (bicyclic) bond motifs is 1. The van der Waals surface area contributed by atoms with Gasteiger partial charge in [0, 0.05) is 10.0 Å². The van der Waals surface area contributed by atoms with Gasteiger partial charge in [0.1, 0.15) is 18.1 Å². The largest absolute Gasteiger partial charge is 0.496 e. The first-order valence-corrected chi connectivity index (χ1v) is 9.90. The maximum Gasteiger partial charge on any atom is 0.338 e. The minimum atomic E-state index is -0.574. The lowest BCUT2D eigenvalue weighted by Gasteiger charge is -2.30. The molecule has 0 bridgehead atoms. The number of halogens is 1. The van der Waals surface area contributed by atoms with E-state index in [0.717, 1.165) is 15.6 Å². The molecular formula is C21H19BrN4O3. The monoisotopic (exact) mass is 454 g/mol. The van der Waals surface area contributed by atoms with Gasteiger partial charge in [0.15, 0.2) is 0 Å². The molecule has 2 heterocycles. The first-order valence-electron chi connectivity index (χ1n) is 9.10. The van der Waals surface area contributed by atoms with E-state index in [4.69, 9.17) is 9.47 Å². The summed E-state index contributed by atoms with van der Waals surface area (Å²) in [5.74, 6) is 0.742. The lowest BCUT2D eigenvalue weighted by Crippen LogP contribution is -2.30. The lowest BCUT2D eigenvalue weighted by atomic mass is 9.92. The zero-order valence-corrected chi connectivity index (χ0v) is 17.5. The van der Waals surface area contributed by atoms with E-state index in [0.29, 0.717) is 23.0 Å². The van der Waals surface area contributed by atoms with Gasteiger partial charge in [0.25, 0.3) is 0 Å². The van der Waals surface area contributed by atoms with Crippen LogP contribution in [0.25, 0.3) is 5.70 Å². The van der Waals surface area contributed by atoms with E-state index in [-0.39, 0.29) is 6.61 Å². The number of methoxy groups -OCH3 is 1. The predicted molar refractivity (Wildman–Crippen MR) is 112 cm³/mol. The quantitative estimate of drug-likeness (QED) is 0.586. The SMILES string of the molecule is CCOC(=O)C1=C(c2ccccc2)Nc2ncnn2[C@H]1c1cc(Br)ccc1OC. The van der Waals surface area contributed by atoms with Crippen molar-refractivity contribution in [2.45, 2.75) is 13.0 Å². The molecule has 2 aromatic carbocycles. The number of anilines is 1. The average molecular weight is 455 g/mol. The standard InChI is InChI=1S/C21H19BrN4O3/c1-3-29-20(27)17-18(13-7-5-4-6-8-13)25-21-23-12-24-26(21)19(17)15-11-14(22)9-10-16(15)28-2/h4-12,19H,3H2,1-2H3,(H,23,24,25)/t19-/m0/s1. The van der Waals surface area contributed by atoms with Crippen LogP contribution in [0.15, 0.2) is 64.9 Å². The second-order valence-electron chi connectivity index (χ2n) is 6.32. The molecule has 0 spiro atoms. The van der Waals surface area contributed by atoms with Crippen molar-refractivity contribution in [3.05, 3.63) is 76.0 Å². The number of hydrogen-bond acceptors (Lipinski definition) is 6. The Balaban J connectivity index is 2.01. The Hall–Kier alpha value is -3.13. The number of nitrogens with one attached hydrogen (secondary N) is 1. The summed E-state index contributed by atoms with van der Waals surface area (Å²) in [5.41, 5.74) is 2.69. The molecule has 0 fully saturated rings. The molecule has 8 heteroatoms. The smallest absolute Gasteiger partial charge is 0.338 e. The molecule has 1 N–H and O–H groups in total. The van der Waals surface area contributed by atoms with Gasteiger partial charge in [-0.05, 0) is 30.7 Å². The van der Waals surface area contributed by atoms with Crippen LogP contribution in [0.1, 0.15) is 24.1 Å². The maximum atomic E-state index is 13.1. The van der Waals surface area contributed by atoms with Crippen molar-refractivity contribution in [2.24, 2.45) is 0 Å². The number of rotatable bonds is 5. The summed E-state index contributed by atoms with van der Waals surface area (Å²) in [6.45, 7) is 2.05. The summed E-state index contributed by atoms with van der Waals surface area (Å²) in [6, 6.07) is 14.7. The molecule has 7 nitrogen and oxygen atoms in total. The number of hydrogen-bond donors (Lipinski definition) is 1. The van der Waals surface area contributed by atoms with E-state index in [2.05, 4.69) is 31.3 Å². The maximum absolute atomic E-state index is 13.1. The van der Waals surface area contributed by atoms with Crippen LogP contribution >= 0.6 is 15.9 Å². The fraction of sp³-hybridized carbons (Fsp3) is 0.190. The summed E-state index contributed by atoms with van der Waals surface area (Å²) in [5, 5.41) is 7.62. The molecule has 3 aromatic rings. The number of nitrogens with zero attached hydrogens (tertiary/aromatic N) is 3. The summed E-state index contributed by atoms with van der Waals surface area (Å²) >= 11 is 3.52. The second kappa shape index (κ2) is 8.08. The molecule has 148 valence electrons. The van der Waals surface area contributed by atoms with Crippen LogP contribution < -0.4 is 10.1 Å². The Kier molecular flexibility index (Phi) is 5.35. The molecule has 1 aliphatic rings. The average Bonchev–Trinajstić information content (AvgIpc) is 3.21. The van der Waals surface area contributed by atoms with Crippen LogP contribution in [0, 0.1) is 0 Å². The van der Waals surface area contributed by atoms with E-state index in [9.17, 15) is 4.79 Å². The van der Waals surface area contributed by atoms with Crippen LogP contribution in [0.4, 0.5) is 5.95 Å². The molecule has 1 aromatic heterocycles. The highest BCUT2D eigenvalue weighted by Crippen LogP contribution is 2.42. The van der Waals surface area contributed by atoms with Crippen LogP contribution in [0.5, 0.6) is 5.75 Å². The molecule has 0 amide bonds. The molecule has 29 heavy (non-hydrogen) atoms. The minimum Gasteiger partial charge on any atom is -0.496 e. The molecule has 4 rings (SSSR count). The first kappa shape index (κ1) is 19.2. The van der Waals surface area contributed by atoms with Crippen molar-refractivity contribution in [1.29, 1.82) is 0 Å².